The van der Waals surface area contributed by atoms with Crippen molar-refractivity contribution in [3.8, 4) is 0 Å². The molecular formula is C12H26ClN3O2S. The quantitative estimate of drug-likeness (QED) is 0.772. The predicted molar refractivity (Wildman–Crippen MR) is 80.3 cm³/mol. The van der Waals surface area contributed by atoms with Crippen LogP contribution in [-0.2, 0) is 10.0 Å². The molecule has 2 rings (SSSR count). The third-order valence-corrected chi connectivity index (χ3v) is 5.62. The van der Waals surface area contributed by atoms with E-state index in [-0.39, 0.29) is 24.2 Å². The van der Waals surface area contributed by atoms with Gasteiger partial charge in [0.25, 0.3) is 0 Å². The van der Waals surface area contributed by atoms with Gasteiger partial charge in [0.05, 0.1) is 5.75 Å². The molecule has 0 amide bonds. The molecule has 114 valence electrons. The smallest absolute Gasteiger partial charge is 0.212 e. The Kier molecular flexibility index (Phi) is 7.04. The van der Waals surface area contributed by atoms with E-state index >= 15 is 0 Å². The molecule has 0 spiro atoms. The minimum atomic E-state index is -3.08. The molecule has 1 atom stereocenters. The maximum absolute atomic E-state index is 11.6. The first-order valence-electron chi connectivity index (χ1n) is 6.97. The number of halogens is 1. The fourth-order valence-corrected chi connectivity index (χ4v) is 4.11. The number of hydrogen-bond donors (Lipinski definition) is 2. The van der Waals surface area contributed by atoms with E-state index in [9.17, 15) is 8.42 Å². The molecular weight excluding hydrogens is 286 g/mol. The Morgan fingerprint density at radius 3 is 2.58 bits per heavy atom. The lowest BCUT2D eigenvalue weighted by atomic mass is 9.97. The van der Waals surface area contributed by atoms with Gasteiger partial charge in [-0.15, -0.1) is 12.4 Å². The second kappa shape index (κ2) is 7.78. The average Bonchev–Trinajstić information content (AvgIpc) is 2.77. The van der Waals surface area contributed by atoms with E-state index in [0.717, 1.165) is 44.9 Å². The lowest BCUT2D eigenvalue weighted by Crippen LogP contribution is -2.42. The molecule has 5 nitrogen and oxygen atoms in total. The van der Waals surface area contributed by atoms with E-state index in [2.05, 4.69) is 14.9 Å². The lowest BCUT2D eigenvalue weighted by molar-refractivity contribution is 0.202. The van der Waals surface area contributed by atoms with Gasteiger partial charge in [0, 0.05) is 12.6 Å². The van der Waals surface area contributed by atoms with Crippen molar-refractivity contribution < 1.29 is 8.42 Å². The predicted octanol–water partition coefficient (Wildman–Crippen LogP) is 0.421. The van der Waals surface area contributed by atoms with Crippen molar-refractivity contribution in [2.45, 2.75) is 31.7 Å². The number of piperidine rings is 1. The Labute approximate surface area is 123 Å². The van der Waals surface area contributed by atoms with Crippen LogP contribution in [0.5, 0.6) is 0 Å². The summed E-state index contributed by atoms with van der Waals surface area (Å²) < 4.78 is 25.7. The van der Waals surface area contributed by atoms with E-state index in [1.54, 1.807) is 0 Å². The molecule has 0 aromatic rings. The zero-order chi connectivity index (χ0) is 13.0. The Morgan fingerprint density at radius 2 is 1.95 bits per heavy atom. The summed E-state index contributed by atoms with van der Waals surface area (Å²) in [5, 5.41) is 3.37. The van der Waals surface area contributed by atoms with Gasteiger partial charge in [-0.25, -0.2) is 13.1 Å². The van der Waals surface area contributed by atoms with Crippen LogP contribution in [-0.4, -0.2) is 58.3 Å². The normalized spacial score (nSPS) is 26.3. The highest BCUT2D eigenvalue weighted by Crippen LogP contribution is 2.22. The van der Waals surface area contributed by atoms with Crippen LogP contribution in [0.2, 0.25) is 0 Å². The summed E-state index contributed by atoms with van der Waals surface area (Å²) in [5.74, 6) is 0.998. The number of likely N-dealkylation sites (tertiary alicyclic amines) is 1. The zero-order valence-corrected chi connectivity index (χ0v) is 13.2. The van der Waals surface area contributed by atoms with E-state index in [1.165, 1.54) is 19.9 Å². The fourth-order valence-electron chi connectivity index (χ4n) is 3.06. The van der Waals surface area contributed by atoms with Gasteiger partial charge >= 0.3 is 0 Å². The van der Waals surface area contributed by atoms with E-state index < -0.39 is 10.0 Å². The molecule has 0 aromatic heterocycles. The van der Waals surface area contributed by atoms with Crippen molar-refractivity contribution in [3.63, 3.8) is 0 Å². The van der Waals surface area contributed by atoms with E-state index in [0.29, 0.717) is 0 Å². The van der Waals surface area contributed by atoms with Crippen LogP contribution in [0.25, 0.3) is 0 Å². The van der Waals surface area contributed by atoms with E-state index in [1.807, 2.05) is 0 Å². The van der Waals surface area contributed by atoms with Gasteiger partial charge in [0.2, 0.25) is 10.0 Å². The maximum Gasteiger partial charge on any atom is 0.212 e. The van der Waals surface area contributed by atoms with Crippen molar-refractivity contribution in [1.29, 1.82) is 0 Å². The topological polar surface area (TPSA) is 61.4 Å². The van der Waals surface area contributed by atoms with Crippen molar-refractivity contribution in [2.24, 2.45) is 5.92 Å². The van der Waals surface area contributed by atoms with E-state index in [4.69, 9.17) is 0 Å². The molecule has 0 saturated carbocycles. The molecule has 19 heavy (non-hydrogen) atoms. The van der Waals surface area contributed by atoms with Gasteiger partial charge in [-0.3, -0.25) is 4.90 Å². The number of nitrogens with zero attached hydrogens (tertiary/aromatic N) is 1. The standard InChI is InChI=1S/C12H25N3O2S.ClH/c1-13-18(16,17)10-12-3-2-8-15(12)9-11-4-6-14-7-5-11;/h11-14H,2-10H2,1H3;1H. The summed E-state index contributed by atoms with van der Waals surface area (Å²) in [6.07, 6.45) is 4.60. The molecule has 1 unspecified atom stereocenters. The molecule has 0 radical (unpaired) electrons. The molecule has 7 heteroatoms. The van der Waals surface area contributed by atoms with Crippen molar-refractivity contribution >= 4 is 22.4 Å². The lowest BCUT2D eigenvalue weighted by Gasteiger charge is -2.31. The minimum Gasteiger partial charge on any atom is -0.317 e. The van der Waals surface area contributed by atoms with Gasteiger partial charge in [0.15, 0.2) is 0 Å². The minimum absolute atomic E-state index is 0. The van der Waals surface area contributed by atoms with Gasteiger partial charge in [-0.2, -0.15) is 0 Å². The highest BCUT2D eigenvalue weighted by molar-refractivity contribution is 7.89. The molecule has 0 aliphatic carbocycles. The second-order valence-corrected chi connectivity index (χ2v) is 7.44. The maximum atomic E-state index is 11.6. The Balaban J connectivity index is 0.00000180. The first-order chi connectivity index (χ1) is 8.61. The summed E-state index contributed by atoms with van der Waals surface area (Å²) in [6.45, 7) is 4.36. The molecule has 2 heterocycles. The highest BCUT2D eigenvalue weighted by Gasteiger charge is 2.30. The van der Waals surface area contributed by atoms with Crippen molar-refractivity contribution in [2.75, 3.05) is 39.0 Å². The second-order valence-electron chi connectivity index (χ2n) is 5.47. The Morgan fingerprint density at radius 1 is 1.26 bits per heavy atom. The third kappa shape index (κ3) is 5.19. The molecule has 0 aromatic carbocycles. The van der Waals surface area contributed by atoms with Crippen LogP contribution in [0.4, 0.5) is 0 Å². The van der Waals surface area contributed by atoms with Crippen LogP contribution in [0, 0.1) is 5.92 Å². The summed E-state index contributed by atoms with van der Waals surface area (Å²) >= 11 is 0. The monoisotopic (exact) mass is 311 g/mol. The van der Waals surface area contributed by atoms with Crippen LogP contribution in [0.3, 0.4) is 0 Å². The first-order valence-corrected chi connectivity index (χ1v) is 8.62. The van der Waals surface area contributed by atoms with Gasteiger partial charge < -0.3 is 5.32 Å². The zero-order valence-electron chi connectivity index (χ0n) is 11.6. The Hall–Kier alpha value is 0.120. The van der Waals surface area contributed by atoms with Crippen LogP contribution in [0.1, 0.15) is 25.7 Å². The SMILES string of the molecule is CNS(=O)(=O)CC1CCCN1CC1CCNCC1.Cl. The average molecular weight is 312 g/mol. The van der Waals surface area contributed by atoms with Crippen LogP contribution < -0.4 is 10.0 Å². The molecule has 0 bridgehead atoms. The summed E-state index contributed by atoms with van der Waals surface area (Å²) in [5.41, 5.74) is 0. The van der Waals surface area contributed by atoms with Crippen LogP contribution in [0.15, 0.2) is 0 Å². The molecule has 2 aliphatic heterocycles. The first kappa shape index (κ1) is 17.2. The summed E-state index contributed by atoms with van der Waals surface area (Å²) in [6, 6.07) is 0.220. The highest BCUT2D eigenvalue weighted by atomic mass is 35.5. The molecule has 2 N–H and O–H groups in total. The molecule has 2 saturated heterocycles. The third-order valence-electron chi connectivity index (χ3n) is 4.17. The molecule has 2 aliphatic rings. The van der Waals surface area contributed by atoms with Gasteiger partial charge in [0.1, 0.15) is 0 Å². The van der Waals surface area contributed by atoms with Gasteiger partial charge in [-0.05, 0) is 58.3 Å². The van der Waals surface area contributed by atoms with Gasteiger partial charge in [-0.1, -0.05) is 0 Å². The van der Waals surface area contributed by atoms with Crippen molar-refractivity contribution in [1.82, 2.24) is 14.9 Å². The van der Waals surface area contributed by atoms with Crippen molar-refractivity contribution in [3.05, 3.63) is 0 Å². The fraction of sp³-hybridized carbons (Fsp3) is 1.00. The number of hydrogen-bond acceptors (Lipinski definition) is 4. The summed E-state index contributed by atoms with van der Waals surface area (Å²) in [7, 11) is -1.58. The number of rotatable bonds is 5. The number of sulfonamides is 1. The number of nitrogens with one attached hydrogen (secondary N) is 2. The Bertz CT molecular complexity index is 358. The van der Waals surface area contributed by atoms with Crippen LogP contribution >= 0.6 is 12.4 Å². The largest absolute Gasteiger partial charge is 0.317 e. The molecule has 2 fully saturated rings. The summed E-state index contributed by atoms with van der Waals surface area (Å²) in [4.78, 5) is 2.39.